The summed E-state index contributed by atoms with van der Waals surface area (Å²) in [6, 6.07) is 4.04. The molecule has 1 atom stereocenters. The maximum absolute atomic E-state index is 12.5. The van der Waals surface area contributed by atoms with Gasteiger partial charge in [0.25, 0.3) is 5.91 Å². The lowest BCUT2D eigenvalue weighted by atomic mass is 10.2. The number of nitrogens with one attached hydrogen (secondary N) is 2. The third-order valence-electron chi connectivity index (χ3n) is 5.91. The van der Waals surface area contributed by atoms with Gasteiger partial charge < -0.3 is 20.5 Å². The number of pyridine rings is 1. The van der Waals surface area contributed by atoms with Crippen molar-refractivity contribution in [1.82, 2.24) is 29.9 Å². The fourth-order valence-electron chi connectivity index (χ4n) is 4.15. The van der Waals surface area contributed by atoms with Crippen LogP contribution in [0.25, 0.3) is 5.65 Å². The highest BCUT2D eigenvalue weighted by molar-refractivity contribution is 5.92. The van der Waals surface area contributed by atoms with Crippen LogP contribution in [0.5, 0.6) is 0 Å². The number of hydrogen-bond acceptors (Lipinski definition) is 6. The Morgan fingerprint density at radius 2 is 2.20 bits per heavy atom. The smallest absolute Gasteiger partial charge is 0.269 e. The Morgan fingerprint density at radius 1 is 1.37 bits per heavy atom. The van der Waals surface area contributed by atoms with Gasteiger partial charge in [-0.1, -0.05) is 6.07 Å². The Hall–Kier alpha value is -3.33. The lowest BCUT2D eigenvalue weighted by Gasteiger charge is -2.15. The van der Waals surface area contributed by atoms with Gasteiger partial charge in [-0.2, -0.15) is 5.10 Å². The molecular formula is C21H26N8O. The molecular weight excluding hydrogens is 380 g/mol. The number of imidazole rings is 1. The van der Waals surface area contributed by atoms with E-state index in [1.165, 1.54) is 35.2 Å². The minimum absolute atomic E-state index is 0.0537. The van der Waals surface area contributed by atoms with E-state index in [0.29, 0.717) is 12.5 Å². The van der Waals surface area contributed by atoms with E-state index >= 15 is 0 Å². The number of fused-ring (bicyclic) bond motifs is 2. The highest BCUT2D eigenvalue weighted by atomic mass is 16.2. The van der Waals surface area contributed by atoms with Gasteiger partial charge in [0, 0.05) is 24.3 Å². The molecule has 30 heavy (non-hydrogen) atoms. The van der Waals surface area contributed by atoms with Gasteiger partial charge in [0.2, 0.25) is 0 Å². The van der Waals surface area contributed by atoms with Crippen molar-refractivity contribution in [2.24, 2.45) is 11.6 Å². The first-order valence-electron chi connectivity index (χ1n) is 10.3. The number of nitrogens with zero attached hydrogens (tertiary/aromatic N) is 4. The number of carbonyl (C=O) groups is 1. The summed E-state index contributed by atoms with van der Waals surface area (Å²) in [5, 5.41) is 11.6. The second-order valence-corrected chi connectivity index (χ2v) is 8.27. The van der Waals surface area contributed by atoms with E-state index in [4.69, 9.17) is 11.6 Å². The number of hydrogen-bond donors (Lipinski definition) is 4. The van der Waals surface area contributed by atoms with E-state index < -0.39 is 0 Å². The summed E-state index contributed by atoms with van der Waals surface area (Å²) in [7, 11) is 0. The van der Waals surface area contributed by atoms with Crippen LogP contribution >= 0.6 is 0 Å². The molecule has 0 bridgehead atoms. The zero-order chi connectivity index (χ0) is 20.8. The van der Waals surface area contributed by atoms with Crippen LogP contribution in [-0.4, -0.2) is 30.5 Å². The maximum Gasteiger partial charge on any atom is 0.269 e. The van der Waals surface area contributed by atoms with Crippen molar-refractivity contribution in [2.75, 3.05) is 0 Å². The van der Waals surface area contributed by atoms with Crippen LogP contribution in [0.4, 0.5) is 0 Å². The summed E-state index contributed by atoms with van der Waals surface area (Å²) < 4.78 is 2.03. The van der Waals surface area contributed by atoms with Crippen LogP contribution in [0, 0.1) is 6.92 Å². The summed E-state index contributed by atoms with van der Waals surface area (Å²) in [6.45, 7) is 2.34. The molecule has 5 rings (SSSR count). The molecule has 0 aliphatic heterocycles. The molecule has 0 saturated heterocycles. The monoisotopic (exact) mass is 406 g/mol. The Bertz CT molecular complexity index is 1140. The number of hydrazine groups is 1. The molecule has 6 N–H and O–H groups in total. The highest BCUT2D eigenvalue weighted by Gasteiger charge is 2.28. The van der Waals surface area contributed by atoms with Crippen molar-refractivity contribution >= 4 is 11.6 Å². The van der Waals surface area contributed by atoms with Gasteiger partial charge in [-0.05, 0) is 55.7 Å². The number of nitrogens with two attached hydrogens (primary N) is 2. The summed E-state index contributed by atoms with van der Waals surface area (Å²) in [6.07, 6.45) is 9.78. The molecule has 0 spiro atoms. The van der Waals surface area contributed by atoms with Crippen LogP contribution in [0.15, 0.2) is 36.4 Å². The number of carbonyl (C=O) groups excluding carboxylic acids is 1. The largest absolute Gasteiger partial charge is 0.393 e. The Balaban J connectivity index is 1.23. The van der Waals surface area contributed by atoms with Crippen LogP contribution in [0.3, 0.4) is 0 Å². The summed E-state index contributed by atoms with van der Waals surface area (Å²) >= 11 is 0. The molecule has 3 aromatic heterocycles. The van der Waals surface area contributed by atoms with Crippen LogP contribution in [0.1, 0.15) is 59.4 Å². The lowest BCUT2D eigenvalue weighted by Crippen LogP contribution is -2.34. The van der Waals surface area contributed by atoms with E-state index in [1.54, 1.807) is 0 Å². The van der Waals surface area contributed by atoms with Crippen molar-refractivity contribution in [2.45, 2.75) is 51.1 Å². The van der Waals surface area contributed by atoms with Crippen molar-refractivity contribution in [3.63, 3.8) is 0 Å². The van der Waals surface area contributed by atoms with Crippen LogP contribution in [-0.2, 0) is 17.8 Å². The quantitative estimate of drug-likeness (QED) is 0.279. The van der Waals surface area contributed by atoms with Crippen LogP contribution < -0.4 is 16.9 Å². The zero-order valence-electron chi connectivity index (χ0n) is 16.9. The summed E-state index contributed by atoms with van der Waals surface area (Å²) in [5.74, 6) is 6.41. The van der Waals surface area contributed by atoms with E-state index in [1.807, 2.05) is 23.6 Å². The molecule has 0 radical (unpaired) electrons. The molecule has 9 heteroatoms. The molecule has 3 heterocycles. The number of H-pyrrole nitrogens is 1. The molecule has 1 fully saturated rings. The number of rotatable bonds is 6. The number of amides is 1. The maximum atomic E-state index is 12.5. The first-order valence-corrected chi connectivity index (χ1v) is 10.3. The highest BCUT2D eigenvalue weighted by Crippen LogP contribution is 2.39. The predicted molar refractivity (Wildman–Crippen MR) is 112 cm³/mol. The minimum atomic E-state index is -0.354. The Labute approximate surface area is 174 Å². The van der Waals surface area contributed by atoms with Gasteiger partial charge >= 0.3 is 0 Å². The van der Waals surface area contributed by atoms with Gasteiger partial charge in [-0.3, -0.25) is 9.89 Å². The first kappa shape index (κ1) is 18.7. The van der Waals surface area contributed by atoms with Crippen molar-refractivity contribution in [3.05, 3.63) is 64.6 Å². The average Bonchev–Trinajstić information content (AvgIpc) is 3.22. The van der Waals surface area contributed by atoms with Gasteiger partial charge in [-0.15, -0.1) is 0 Å². The molecule has 9 nitrogen and oxygen atoms in total. The lowest BCUT2D eigenvalue weighted by molar-refractivity contribution is -0.118. The normalized spacial score (nSPS) is 18.6. The third kappa shape index (κ3) is 3.52. The standard InChI is InChI=1S/C21H26N8O/c1-12-16-5-6-18(20(16)27-26-12)25-21(30)17(22)11-29(23)10-15-9-28-8-14(13-2-3-13)4-7-19(28)24-15/h4,7-9,11,13,18H,2-3,5-6,10,22-23H2,1H3,(H,25,30)(H,26,27)/b17-11-. The molecule has 3 aromatic rings. The van der Waals surface area contributed by atoms with Gasteiger partial charge in [-0.25, -0.2) is 10.8 Å². The molecule has 1 amide bonds. The topological polar surface area (TPSA) is 130 Å². The van der Waals surface area contributed by atoms with E-state index in [9.17, 15) is 4.79 Å². The minimum Gasteiger partial charge on any atom is -0.393 e. The number of aromatic amines is 1. The molecule has 1 unspecified atom stereocenters. The van der Waals surface area contributed by atoms with Gasteiger partial charge in [0.05, 0.1) is 24.0 Å². The Kier molecular flexibility index (Phi) is 4.47. The summed E-state index contributed by atoms with van der Waals surface area (Å²) in [4.78, 5) is 17.1. The van der Waals surface area contributed by atoms with E-state index in [0.717, 1.165) is 35.6 Å². The van der Waals surface area contributed by atoms with Crippen molar-refractivity contribution in [3.8, 4) is 0 Å². The molecule has 2 aliphatic carbocycles. The molecule has 2 aliphatic rings. The van der Waals surface area contributed by atoms with Gasteiger partial charge in [0.1, 0.15) is 11.3 Å². The molecule has 0 aromatic carbocycles. The molecule has 1 saturated carbocycles. The SMILES string of the molecule is Cc1[nH]nc2c1CCC2NC(=O)/C(N)=C/N(N)Cc1cn2cc(C3CC3)ccc2n1. The second-order valence-electron chi connectivity index (χ2n) is 8.27. The van der Waals surface area contributed by atoms with E-state index in [-0.39, 0.29) is 17.6 Å². The predicted octanol–water partition coefficient (Wildman–Crippen LogP) is 1.52. The van der Waals surface area contributed by atoms with Crippen molar-refractivity contribution in [1.29, 1.82) is 0 Å². The van der Waals surface area contributed by atoms with E-state index in [2.05, 4.69) is 32.8 Å². The molecule has 156 valence electrons. The van der Waals surface area contributed by atoms with Crippen LogP contribution in [0.2, 0.25) is 0 Å². The van der Waals surface area contributed by atoms with Crippen molar-refractivity contribution < 1.29 is 4.79 Å². The zero-order valence-corrected chi connectivity index (χ0v) is 16.9. The average molecular weight is 406 g/mol. The number of aromatic nitrogens is 4. The second kappa shape index (κ2) is 7.17. The van der Waals surface area contributed by atoms with Gasteiger partial charge in [0.15, 0.2) is 0 Å². The fourth-order valence-corrected chi connectivity index (χ4v) is 4.15. The first-order chi connectivity index (χ1) is 14.5. The third-order valence-corrected chi connectivity index (χ3v) is 5.91. The fraction of sp³-hybridized carbons (Fsp3) is 0.381. The summed E-state index contributed by atoms with van der Waals surface area (Å²) in [5.41, 5.74) is 12.2. The Morgan fingerprint density at radius 3 is 3.00 bits per heavy atom. The number of aryl methyl sites for hydroxylation is 1.